The van der Waals surface area contributed by atoms with Crippen molar-refractivity contribution >= 4 is 27.3 Å². The van der Waals surface area contributed by atoms with Gasteiger partial charge in [-0.2, -0.15) is 4.31 Å². The molecule has 0 aliphatic carbocycles. The van der Waals surface area contributed by atoms with E-state index in [0.717, 1.165) is 22.7 Å². The molecular formula is C18H23N3O3S2. The molecule has 0 spiro atoms. The topological polar surface area (TPSA) is 70.6 Å². The molecule has 2 heterocycles. The molecule has 1 amide bonds. The van der Waals surface area contributed by atoms with Crippen LogP contribution in [0.15, 0.2) is 34.5 Å². The molecule has 0 saturated carbocycles. The number of rotatable bonds is 5. The highest BCUT2D eigenvalue weighted by atomic mass is 32.2. The van der Waals surface area contributed by atoms with Crippen molar-refractivity contribution < 1.29 is 13.2 Å². The highest BCUT2D eigenvalue weighted by Crippen LogP contribution is 2.19. The fourth-order valence-electron chi connectivity index (χ4n) is 2.98. The predicted octanol–water partition coefficient (Wildman–Crippen LogP) is 2.09. The Labute approximate surface area is 158 Å². The maximum Gasteiger partial charge on any atom is 0.243 e. The number of sulfonamides is 1. The van der Waals surface area contributed by atoms with E-state index in [9.17, 15) is 13.2 Å². The number of aryl methyl sites for hydroxylation is 2. The number of hydrogen-bond acceptors (Lipinski definition) is 5. The number of hydrogen-bond donors (Lipinski definition) is 0. The molecule has 2 aromatic rings. The average Bonchev–Trinajstić information content (AvgIpc) is 3.06. The number of thiazole rings is 1. The van der Waals surface area contributed by atoms with E-state index in [4.69, 9.17) is 0 Å². The summed E-state index contributed by atoms with van der Waals surface area (Å²) in [6.07, 6.45) is 1.15. The van der Waals surface area contributed by atoms with Crippen LogP contribution in [0.25, 0.3) is 0 Å². The molecule has 8 heteroatoms. The number of benzene rings is 1. The van der Waals surface area contributed by atoms with E-state index >= 15 is 0 Å². The Hall–Kier alpha value is -1.77. The third-order valence-corrected chi connectivity index (χ3v) is 7.29. The quantitative estimate of drug-likeness (QED) is 0.780. The third kappa shape index (κ3) is 4.13. The molecule has 0 N–H and O–H groups in total. The SMILES string of the molecule is CCc1ccc(S(=O)(=O)N2CCN(C(=O)Cc3csc(C)n3)CC2)cc1. The number of amides is 1. The van der Waals surface area contributed by atoms with Gasteiger partial charge in [-0.3, -0.25) is 4.79 Å². The van der Waals surface area contributed by atoms with Crippen LogP contribution in [0.4, 0.5) is 0 Å². The first-order chi connectivity index (χ1) is 12.4. The number of carbonyl (C=O) groups is 1. The maximum atomic E-state index is 12.8. The van der Waals surface area contributed by atoms with Crippen molar-refractivity contribution in [2.24, 2.45) is 0 Å². The van der Waals surface area contributed by atoms with Crippen molar-refractivity contribution in [2.45, 2.75) is 31.6 Å². The fraction of sp³-hybridized carbons (Fsp3) is 0.444. The Kier molecular flexibility index (Phi) is 5.74. The van der Waals surface area contributed by atoms with Crippen molar-refractivity contribution in [3.05, 3.63) is 45.9 Å². The van der Waals surface area contributed by atoms with Gasteiger partial charge in [0, 0.05) is 31.6 Å². The molecule has 0 atom stereocenters. The summed E-state index contributed by atoms with van der Waals surface area (Å²) >= 11 is 1.53. The van der Waals surface area contributed by atoms with E-state index in [1.807, 2.05) is 31.4 Å². The molecule has 1 aromatic carbocycles. The lowest BCUT2D eigenvalue weighted by atomic mass is 10.2. The molecule has 1 fully saturated rings. The first-order valence-electron chi connectivity index (χ1n) is 8.68. The normalized spacial score (nSPS) is 16.0. The van der Waals surface area contributed by atoms with Gasteiger partial charge in [-0.05, 0) is 31.0 Å². The van der Waals surface area contributed by atoms with E-state index < -0.39 is 10.0 Å². The van der Waals surface area contributed by atoms with Crippen molar-refractivity contribution in [3.63, 3.8) is 0 Å². The molecule has 0 unspecified atom stereocenters. The Morgan fingerprint density at radius 1 is 1.15 bits per heavy atom. The van der Waals surface area contributed by atoms with Crippen LogP contribution in [0.3, 0.4) is 0 Å². The first kappa shape index (κ1) is 19.0. The standard InChI is InChI=1S/C18H23N3O3S2/c1-3-15-4-6-17(7-5-15)26(23,24)21-10-8-20(9-11-21)18(22)12-16-13-25-14(2)19-16/h4-7,13H,3,8-12H2,1-2H3. The fourth-order valence-corrected chi connectivity index (χ4v) is 5.01. The lowest BCUT2D eigenvalue weighted by molar-refractivity contribution is -0.131. The zero-order valence-corrected chi connectivity index (χ0v) is 16.6. The van der Waals surface area contributed by atoms with E-state index in [0.29, 0.717) is 31.1 Å². The van der Waals surface area contributed by atoms with Crippen molar-refractivity contribution in [3.8, 4) is 0 Å². The van der Waals surface area contributed by atoms with Crippen molar-refractivity contribution in [1.82, 2.24) is 14.2 Å². The predicted molar refractivity (Wildman–Crippen MR) is 102 cm³/mol. The molecule has 26 heavy (non-hydrogen) atoms. The molecule has 1 saturated heterocycles. The van der Waals surface area contributed by atoms with Crippen LogP contribution in [0.2, 0.25) is 0 Å². The van der Waals surface area contributed by atoms with Crippen molar-refractivity contribution in [2.75, 3.05) is 26.2 Å². The Morgan fingerprint density at radius 3 is 2.35 bits per heavy atom. The molecule has 3 rings (SSSR count). The van der Waals surface area contributed by atoms with Gasteiger partial charge in [0.25, 0.3) is 0 Å². The average molecular weight is 394 g/mol. The Morgan fingerprint density at radius 2 is 1.81 bits per heavy atom. The Balaban J connectivity index is 1.60. The summed E-state index contributed by atoms with van der Waals surface area (Å²) in [4.78, 5) is 18.7. The van der Waals surface area contributed by atoms with Gasteiger partial charge in [-0.25, -0.2) is 13.4 Å². The molecular weight excluding hydrogens is 370 g/mol. The number of nitrogens with zero attached hydrogens (tertiary/aromatic N) is 3. The second-order valence-corrected chi connectivity index (χ2v) is 9.32. The van der Waals surface area contributed by atoms with Gasteiger partial charge in [0.05, 0.1) is 22.0 Å². The number of aromatic nitrogens is 1. The zero-order valence-electron chi connectivity index (χ0n) is 15.0. The molecule has 1 aliphatic rings. The minimum Gasteiger partial charge on any atom is -0.340 e. The van der Waals surface area contributed by atoms with Gasteiger partial charge < -0.3 is 4.90 Å². The largest absolute Gasteiger partial charge is 0.340 e. The second kappa shape index (κ2) is 7.85. The number of piperazine rings is 1. The highest BCUT2D eigenvalue weighted by molar-refractivity contribution is 7.89. The highest BCUT2D eigenvalue weighted by Gasteiger charge is 2.30. The zero-order chi connectivity index (χ0) is 18.7. The molecule has 0 bridgehead atoms. The summed E-state index contributed by atoms with van der Waals surface area (Å²) in [5, 5.41) is 2.84. The smallest absolute Gasteiger partial charge is 0.243 e. The monoisotopic (exact) mass is 393 g/mol. The second-order valence-electron chi connectivity index (χ2n) is 6.32. The lowest BCUT2D eigenvalue weighted by Crippen LogP contribution is -2.50. The van der Waals surface area contributed by atoms with Crippen LogP contribution < -0.4 is 0 Å². The lowest BCUT2D eigenvalue weighted by Gasteiger charge is -2.34. The Bertz CT molecular complexity index is 867. The molecule has 0 radical (unpaired) electrons. The minimum atomic E-state index is -3.51. The third-order valence-electron chi connectivity index (χ3n) is 4.56. The number of carbonyl (C=O) groups excluding carboxylic acids is 1. The summed E-state index contributed by atoms with van der Waals surface area (Å²) in [6, 6.07) is 7.03. The molecule has 1 aliphatic heterocycles. The van der Waals surface area contributed by atoms with Crippen LogP contribution in [0.1, 0.15) is 23.2 Å². The van der Waals surface area contributed by atoms with Gasteiger partial charge in [-0.1, -0.05) is 19.1 Å². The summed E-state index contributed by atoms with van der Waals surface area (Å²) in [5.41, 5.74) is 1.89. The minimum absolute atomic E-state index is 0.000327. The van der Waals surface area contributed by atoms with E-state index in [2.05, 4.69) is 4.98 Å². The molecule has 140 valence electrons. The summed E-state index contributed by atoms with van der Waals surface area (Å²) in [5.74, 6) is -0.000327. The van der Waals surface area contributed by atoms with Crippen LogP contribution >= 0.6 is 11.3 Å². The van der Waals surface area contributed by atoms with Crippen LogP contribution in [-0.4, -0.2) is 54.7 Å². The molecule has 6 nitrogen and oxygen atoms in total. The van der Waals surface area contributed by atoms with E-state index in [1.165, 1.54) is 15.6 Å². The van der Waals surface area contributed by atoms with Gasteiger partial charge in [0.15, 0.2) is 0 Å². The van der Waals surface area contributed by atoms with Gasteiger partial charge >= 0.3 is 0 Å². The first-order valence-corrected chi connectivity index (χ1v) is 11.0. The van der Waals surface area contributed by atoms with Gasteiger partial charge in [-0.15, -0.1) is 11.3 Å². The maximum absolute atomic E-state index is 12.8. The van der Waals surface area contributed by atoms with E-state index in [-0.39, 0.29) is 12.3 Å². The summed E-state index contributed by atoms with van der Waals surface area (Å²) in [6.45, 7) is 5.41. The van der Waals surface area contributed by atoms with Crippen LogP contribution in [0, 0.1) is 6.92 Å². The van der Waals surface area contributed by atoms with E-state index in [1.54, 1.807) is 17.0 Å². The van der Waals surface area contributed by atoms with Gasteiger partial charge in [0.2, 0.25) is 15.9 Å². The summed E-state index contributed by atoms with van der Waals surface area (Å²) in [7, 11) is -3.51. The summed E-state index contributed by atoms with van der Waals surface area (Å²) < 4.78 is 27.0. The molecule has 1 aromatic heterocycles. The van der Waals surface area contributed by atoms with Gasteiger partial charge in [0.1, 0.15) is 0 Å². The van der Waals surface area contributed by atoms with Crippen LogP contribution in [0.5, 0.6) is 0 Å². The van der Waals surface area contributed by atoms with Crippen LogP contribution in [-0.2, 0) is 27.7 Å². The van der Waals surface area contributed by atoms with Crippen molar-refractivity contribution in [1.29, 1.82) is 0 Å².